The molecule has 0 aromatic carbocycles. The average Bonchev–Trinajstić information content (AvgIpc) is 1.12. The van der Waals surface area contributed by atoms with Gasteiger partial charge in [-0.1, -0.05) is 0 Å². The molecule has 14 heavy (non-hydrogen) atoms. The van der Waals surface area contributed by atoms with Crippen LogP contribution in [0.3, 0.4) is 0 Å². The Morgan fingerprint density at radius 3 is 0.643 bits per heavy atom. The summed E-state index contributed by atoms with van der Waals surface area (Å²) in [5.74, 6) is 0. The third-order valence-electron chi connectivity index (χ3n) is 0. The van der Waals surface area contributed by atoms with Crippen LogP contribution in [0.25, 0.3) is 0 Å². The van der Waals surface area contributed by atoms with Gasteiger partial charge in [-0.3, -0.25) is 0 Å². The van der Waals surface area contributed by atoms with Gasteiger partial charge in [-0.2, -0.15) is 0 Å². The van der Waals surface area contributed by atoms with Crippen LogP contribution in [0.4, 0.5) is 0 Å². The molecule has 0 radical (unpaired) electrons. The van der Waals surface area contributed by atoms with Gasteiger partial charge in [-0.05, 0) is 0 Å². The summed E-state index contributed by atoms with van der Waals surface area (Å²) < 4.78 is 17.8. The van der Waals surface area contributed by atoms with E-state index in [2.05, 4.69) is 0 Å². The number of phosphoric acid groups is 2. The Bertz CT molecular complexity index is 133. The van der Waals surface area contributed by atoms with Crippen LogP contribution >= 0.6 is 15.6 Å². The third-order valence-corrected chi connectivity index (χ3v) is 0. The van der Waals surface area contributed by atoms with Gasteiger partial charge in [0, 0.05) is 0 Å². The Balaban J connectivity index is -0.0000000178. The Morgan fingerprint density at radius 2 is 0.643 bits per heavy atom. The SMILES string of the molecule is N.N.O.O=P(O)(O)O.O=P(O)(O)O.[NaH]. The predicted octanol–water partition coefficient (Wildman–Crippen LogP) is -3.01. The summed E-state index contributed by atoms with van der Waals surface area (Å²) in [6.45, 7) is 0. The summed E-state index contributed by atoms with van der Waals surface area (Å²) in [6, 6.07) is 0. The normalized spacial score (nSPS) is 8.43. The molecule has 0 saturated carbocycles. The van der Waals surface area contributed by atoms with Crippen molar-refractivity contribution in [2.24, 2.45) is 0 Å². The van der Waals surface area contributed by atoms with E-state index >= 15 is 0 Å². The molecule has 0 aliphatic rings. The second-order valence-corrected chi connectivity index (χ2v) is 3.08. The van der Waals surface area contributed by atoms with E-state index in [1.165, 1.54) is 0 Å². The van der Waals surface area contributed by atoms with Gasteiger partial charge in [-0.25, -0.2) is 9.13 Å². The first-order chi connectivity index (χ1) is 4.00. The molecule has 0 heterocycles. The molecular weight excluding hydrogens is 257 g/mol. The fraction of sp³-hybridized carbons (Fsp3) is 0. The van der Waals surface area contributed by atoms with Crippen LogP contribution < -0.4 is 12.3 Å². The molecule has 14 heteroatoms. The first-order valence-corrected chi connectivity index (χ1v) is 4.70. The van der Waals surface area contributed by atoms with E-state index < -0.39 is 15.6 Å². The molecule has 0 aliphatic carbocycles. The van der Waals surface area contributed by atoms with Crippen LogP contribution in [0.1, 0.15) is 0 Å². The van der Waals surface area contributed by atoms with Crippen molar-refractivity contribution in [1.29, 1.82) is 0 Å². The Kier molecular flexibility index (Phi) is 36.5. The summed E-state index contributed by atoms with van der Waals surface area (Å²) in [6.07, 6.45) is 0. The summed E-state index contributed by atoms with van der Waals surface area (Å²) in [7, 11) is -9.28. The fourth-order valence-corrected chi connectivity index (χ4v) is 0. The first-order valence-electron chi connectivity index (χ1n) is 1.57. The van der Waals surface area contributed by atoms with E-state index in [0.717, 1.165) is 0 Å². The first kappa shape index (κ1) is 36.3. The van der Waals surface area contributed by atoms with Crippen LogP contribution in [0.5, 0.6) is 0 Å². The van der Waals surface area contributed by atoms with Crippen molar-refractivity contribution in [3.8, 4) is 0 Å². The van der Waals surface area contributed by atoms with Crippen molar-refractivity contribution in [2.75, 3.05) is 0 Å². The van der Waals surface area contributed by atoms with Gasteiger partial charge in [0.25, 0.3) is 0 Å². The number of rotatable bonds is 0. The predicted molar refractivity (Wildman–Crippen MR) is 49.3 cm³/mol. The molecule has 0 aromatic heterocycles. The maximum absolute atomic E-state index is 8.88. The molecule has 14 N–H and O–H groups in total. The zero-order valence-electron chi connectivity index (χ0n) is 6.31. The van der Waals surface area contributed by atoms with Gasteiger partial charge in [0.1, 0.15) is 0 Å². The van der Waals surface area contributed by atoms with Gasteiger partial charge in [0.2, 0.25) is 0 Å². The van der Waals surface area contributed by atoms with Crippen LogP contribution in [0.15, 0.2) is 0 Å². The summed E-state index contributed by atoms with van der Waals surface area (Å²) >= 11 is 0. The maximum atomic E-state index is 8.88. The van der Waals surface area contributed by atoms with Gasteiger partial charge >= 0.3 is 45.2 Å². The van der Waals surface area contributed by atoms with E-state index in [-0.39, 0.29) is 47.3 Å². The Labute approximate surface area is 101 Å². The van der Waals surface area contributed by atoms with Crippen LogP contribution in [0, 0.1) is 0 Å². The molecule has 0 atom stereocenters. The molecule has 90 valence electrons. The quantitative estimate of drug-likeness (QED) is 0.163. The molecule has 0 amide bonds. The average molecular weight is 272 g/mol. The molecule has 0 bridgehead atoms. The van der Waals surface area contributed by atoms with E-state index in [1.54, 1.807) is 0 Å². The van der Waals surface area contributed by atoms with Crippen molar-refractivity contribution >= 4 is 45.2 Å². The molecule has 0 fully saturated rings. The van der Waals surface area contributed by atoms with E-state index in [0.29, 0.717) is 0 Å². The monoisotopic (exact) mass is 272 g/mol. The van der Waals surface area contributed by atoms with E-state index in [9.17, 15) is 0 Å². The van der Waals surface area contributed by atoms with Crippen molar-refractivity contribution in [2.45, 2.75) is 0 Å². The molecule has 0 unspecified atom stereocenters. The second kappa shape index (κ2) is 14.1. The number of hydrogen-bond donors (Lipinski definition) is 8. The topological polar surface area (TPSA) is 257 Å². The van der Waals surface area contributed by atoms with Crippen LogP contribution in [-0.2, 0) is 9.13 Å². The van der Waals surface area contributed by atoms with Gasteiger partial charge < -0.3 is 47.1 Å². The van der Waals surface area contributed by atoms with E-state index in [4.69, 9.17) is 38.5 Å². The van der Waals surface area contributed by atoms with E-state index in [1.807, 2.05) is 0 Å². The van der Waals surface area contributed by atoms with Gasteiger partial charge in [-0.15, -0.1) is 0 Å². The van der Waals surface area contributed by atoms with Crippen LogP contribution in [0.2, 0.25) is 0 Å². The minimum atomic E-state index is -4.64. The fourth-order valence-electron chi connectivity index (χ4n) is 0. The van der Waals surface area contributed by atoms with Crippen molar-refractivity contribution in [3.63, 3.8) is 0 Å². The Morgan fingerprint density at radius 1 is 0.643 bits per heavy atom. The third kappa shape index (κ3) is 1590. The zero-order chi connectivity index (χ0) is 9.00. The Hall–Kier alpha value is 1.10. The molecule has 0 rings (SSSR count). The standard InChI is InChI=1S/2H3N.Na.2H3O4P.H2O.H/c;;;2*1-5(2,3)4;;/h2*1H3;;2*(H3,1,2,3,4);1H2;. The molecule has 0 saturated heterocycles. The summed E-state index contributed by atoms with van der Waals surface area (Å²) in [4.78, 5) is 43.1. The molecule has 0 spiro atoms. The minimum absolute atomic E-state index is 0. The molecule has 0 aliphatic heterocycles. The summed E-state index contributed by atoms with van der Waals surface area (Å²) in [5, 5.41) is 0. The van der Waals surface area contributed by atoms with Crippen LogP contribution in [-0.4, -0.2) is 64.4 Å². The molecule has 0 aromatic rings. The van der Waals surface area contributed by atoms with Gasteiger partial charge in [0.05, 0.1) is 0 Å². The summed E-state index contributed by atoms with van der Waals surface area (Å²) in [5.41, 5.74) is 0. The zero-order valence-corrected chi connectivity index (χ0v) is 8.10. The van der Waals surface area contributed by atoms with Crippen molar-refractivity contribution in [1.82, 2.24) is 12.3 Å². The van der Waals surface area contributed by atoms with Crippen molar-refractivity contribution in [3.05, 3.63) is 0 Å². The van der Waals surface area contributed by atoms with Crippen molar-refractivity contribution < 1.29 is 44.0 Å². The molecule has 11 nitrogen and oxygen atoms in total. The molecular formula is H15N2NaO9P2. The second-order valence-electron chi connectivity index (χ2n) is 1.03. The van der Waals surface area contributed by atoms with Gasteiger partial charge in [0.15, 0.2) is 0 Å². The number of hydrogen-bond acceptors (Lipinski definition) is 4.